The van der Waals surface area contributed by atoms with Crippen molar-refractivity contribution in [1.29, 1.82) is 0 Å². The van der Waals surface area contributed by atoms with E-state index >= 15 is 0 Å². The predicted molar refractivity (Wildman–Crippen MR) is 80.3 cm³/mol. The van der Waals surface area contributed by atoms with Crippen LogP contribution in [0.1, 0.15) is 23.6 Å². The van der Waals surface area contributed by atoms with Crippen LogP contribution in [-0.2, 0) is 11.8 Å². The van der Waals surface area contributed by atoms with Gasteiger partial charge in [0.05, 0.1) is 0 Å². The van der Waals surface area contributed by atoms with E-state index in [1.165, 1.54) is 27.8 Å². The van der Waals surface area contributed by atoms with Crippen LogP contribution < -0.4 is 0 Å². The molecule has 0 radical (unpaired) electrons. The summed E-state index contributed by atoms with van der Waals surface area (Å²) in [5.74, 6) is 0. The van der Waals surface area contributed by atoms with E-state index in [-0.39, 0.29) is 5.41 Å². The second-order valence-electron chi connectivity index (χ2n) is 5.67. The smallest absolute Gasteiger partial charge is 0.0292 e. The van der Waals surface area contributed by atoms with Gasteiger partial charge in [0.2, 0.25) is 0 Å². The normalized spacial score (nSPS) is 17.5. The van der Waals surface area contributed by atoms with Crippen LogP contribution in [0.15, 0.2) is 66.8 Å². The molecule has 0 heterocycles. The maximum Gasteiger partial charge on any atom is 0.0292 e. The van der Waals surface area contributed by atoms with E-state index in [1.807, 2.05) is 0 Å². The van der Waals surface area contributed by atoms with Gasteiger partial charge in [-0.25, -0.2) is 0 Å². The highest BCUT2D eigenvalue weighted by Gasteiger charge is 2.29. The van der Waals surface area contributed by atoms with Crippen LogP contribution in [0.5, 0.6) is 0 Å². The van der Waals surface area contributed by atoms with Crippen LogP contribution in [0.3, 0.4) is 0 Å². The van der Waals surface area contributed by atoms with Crippen molar-refractivity contribution in [1.82, 2.24) is 0 Å². The van der Waals surface area contributed by atoms with Crippen LogP contribution in [0.25, 0.3) is 11.1 Å². The molecular weight excluding hydrogens is 228 g/mol. The first kappa shape index (κ1) is 10.8. The quantitative estimate of drug-likeness (QED) is 0.585. The maximum absolute atomic E-state index is 2.30. The standard InChI is InChI=1S/C19H16/c1-19(11-4-5-12-19)18-10-6-9-16-15-8-3-2-7-14(15)13-17(16)18/h2-12H,13H2,1H3. The van der Waals surface area contributed by atoms with Gasteiger partial charge in [0.25, 0.3) is 0 Å². The number of hydrogen-bond donors (Lipinski definition) is 0. The Hall–Kier alpha value is -2.08. The van der Waals surface area contributed by atoms with Gasteiger partial charge in [-0.15, -0.1) is 0 Å². The highest BCUT2D eigenvalue weighted by atomic mass is 14.3. The van der Waals surface area contributed by atoms with Gasteiger partial charge in [-0.2, -0.15) is 0 Å². The van der Waals surface area contributed by atoms with Gasteiger partial charge in [0.1, 0.15) is 0 Å². The van der Waals surface area contributed by atoms with Gasteiger partial charge in [0.15, 0.2) is 0 Å². The molecule has 0 fully saturated rings. The molecule has 0 spiro atoms. The van der Waals surface area contributed by atoms with Gasteiger partial charge < -0.3 is 0 Å². The zero-order chi connectivity index (χ0) is 12.9. The minimum atomic E-state index is 0.0629. The third-order valence-corrected chi connectivity index (χ3v) is 4.43. The van der Waals surface area contributed by atoms with Crippen LogP contribution in [0.2, 0.25) is 0 Å². The number of rotatable bonds is 1. The average Bonchev–Trinajstić information content (AvgIpc) is 3.02. The third kappa shape index (κ3) is 1.46. The van der Waals surface area contributed by atoms with E-state index in [4.69, 9.17) is 0 Å². The number of hydrogen-bond acceptors (Lipinski definition) is 0. The summed E-state index contributed by atoms with van der Waals surface area (Å²) >= 11 is 0. The Morgan fingerprint density at radius 2 is 1.58 bits per heavy atom. The molecule has 2 aliphatic rings. The molecule has 2 aliphatic carbocycles. The van der Waals surface area contributed by atoms with Gasteiger partial charge >= 0.3 is 0 Å². The van der Waals surface area contributed by atoms with Gasteiger partial charge in [-0.1, -0.05) is 66.8 Å². The van der Waals surface area contributed by atoms with Crippen molar-refractivity contribution in [2.75, 3.05) is 0 Å². The molecule has 0 heteroatoms. The Morgan fingerprint density at radius 3 is 2.42 bits per heavy atom. The summed E-state index contributed by atoms with van der Waals surface area (Å²) < 4.78 is 0. The summed E-state index contributed by atoms with van der Waals surface area (Å²) in [6.07, 6.45) is 9.97. The van der Waals surface area contributed by atoms with Crippen LogP contribution in [0, 0.1) is 0 Å². The number of fused-ring (bicyclic) bond motifs is 3. The molecule has 2 aromatic rings. The molecule has 19 heavy (non-hydrogen) atoms. The second kappa shape index (κ2) is 3.71. The van der Waals surface area contributed by atoms with E-state index in [0.29, 0.717) is 0 Å². The lowest BCUT2D eigenvalue weighted by molar-refractivity contribution is 0.759. The summed E-state index contributed by atoms with van der Waals surface area (Å²) in [7, 11) is 0. The maximum atomic E-state index is 2.30. The summed E-state index contributed by atoms with van der Waals surface area (Å²) in [5, 5.41) is 0. The Bertz CT molecular complexity index is 705. The van der Waals surface area contributed by atoms with Gasteiger partial charge in [0, 0.05) is 5.41 Å². The summed E-state index contributed by atoms with van der Waals surface area (Å²) in [5.41, 5.74) is 7.30. The fourth-order valence-corrected chi connectivity index (χ4v) is 3.41. The van der Waals surface area contributed by atoms with Crippen molar-refractivity contribution in [3.8, 4) is 11.1 Å². The fourth-order valence-electron chi connectivity index (χ4n) is 3.41. The van der Waals surface area contributed by atoms with Gasteiger partial charge in [-0.3, -0.25) is 0 Å². The molecular formula is C19H16. The van der Waals surface area contributed by atoms with E-state index in [9.17, 15) is 0 Å². The van der Waals surface area contributed by atoms with E-state index < -0.39 is 0 Å². The lowest BCUT2D eigenvalue weighted by Crippen LogP contribution is -2.16. The minimum absolute atomic E-state index is 0.0629. The number of allylic oxidation sites excluding steroid dienone is 4. The van der Waals surface area contributed by atoms with Crippen molar-refractivity contribution in [3.05, 3.63) is 83.5 Å². The molecule has 0 atom stereocenters. The first-order valence-electron chi connectivity index (χ1n) is 6.86. The molecule has 0 bridgehead atoms. The summed E-state index contributed by atoms with van der Waals surface area (Å²) in [6.45, 7) is 2.30. The highest BCUT2D eigenvalue weighted by Crippen LogP contribution is 2.43. The molecule has 0 aromatic heterocycles. The topological polar surface area (TPSA) is 0 Å². The van der Waals surface area contributed by atoms with Crippen molar-refractivity contribution in [2.24, 2.45) is 0 Å². The molecule has 0 aliphatic heterocycles. The van der Waals surface area contributed by atoms with Crippen LogP contribution >= 0.6 is 0 Å². The molecule has 0 unspecified atom stereocenters. The molecule has 0 saturated heterocycles. The second-order valence-corrected chi connectivity index (χ2v) is 5.67. The third-order valence-electron chi connectivity index (χ3n) is 4.43. The molecule has 0 saturated carbocycles. The first-order chi connectivity index (χ1) is 9.28. The SMILES string of the molecule is CC1(c2cccc3c2Cc2ccccc2-3)C=CC=C1. The zero-order valence-corrected chi connectivity index (χ0v) is 11.1. The van der Waals surface area contributed by atoms with E-state index in [2.05, 4.69) is 73.7 Å². The Morgan fingerprint density at radius 1 is 0.842 bits per heavy atom. The van der Waals surface area contributed by atoms with E-state index in [1.54, 1.807) is 0 Å². The van der Waals surface area contributed by atoms with Crippen molar-refractivity contribution >= 4 is 0 Å². The van der Waals surface area contributed by atoms with Crippen LogP contribution in [-0.4, -0.2) is 0 Å². The molecule has 0 N–H and O–H groups in total. The minimum Gasteiger partial charge on any atom is -0.0705 e. The lowest BCUT2D eigenvalue weighted by Gasteiger charge is -2.23. The molecule has 0 amide bonds. The fraction of sp³-hybridized carbons (Fsp3) is 0.158. The Balaban J connectivity index is 1.95. The van der Waals surface area contributed by atoms with Crippen molar-refractivity contribution < 1.29 is 0 Å². The van der Waals surface area contributed by atoms with E-state index in [0.717, 1.165) is 6.42 Å². The average molecular weight is 244 g/mol. The lowest BCUT2D eigenvalue weighted by atomic mass is 9.80. The summed E-state index contributed by atoms with van der Waals surface area (Å²) in [4.78, 5) is 0. The molecule has 92 valence electrons. The predicted octanol–water partition coefficient (Wildman–Crippen LogP) is 4.64. The molecule has 4 rings (SSSR count). The largest absolute Gasteiger partial charge is 0.0705 e. The summed E-state index contributed by atoms with van der Waals surface area (Å²) in [6, 6.07) is 15.5. The molecule has 2 aromatic carbocycles. The molecule has 0 nitrogen and oxygen atoms in total. The zero-order valence-electron chi connectivity index (χ0n) is 11.1. The van der Waals surface area contributed by atoms with Crippen LogP contribution in [0.4, 0.5) is 0 Å². The van der Waals surface area contributed by atoms with Crippen molar-refractivity contribution in [2.45, 2.75) is 18.8 Å². The monoisotopic (exact) mass is 244 g/mol. The van der Waals surface area contributed by atoms with Gasteiger partial charge in [-0.05, 0) is 41.2 Å². The Labute approximate surface area is 114 Å². The first-order valence-corrected chi connectivity index (χ1v) is 6.86. The number of benzene rings is 2. The Kier molecular flexibility index (Phi) is 2.11. The van der Waals surface area contributed by atoms with Crippen molar-refractivity contribution in [3.63, 3.8) is 0 Å². The highest BCUT2D eigenvalue weighted by molar-refractivity contribution is 5.78.